The van der Waals surface area contributed by atoms with Crippen molar-refractivity contribution in [3.63, 3.8) is 0 Å². The molecular weight excluding hydrogens is 467 g/mol. The molecule has 2 heterocycles. The quantitative estimate of drug-likeness (QED) is 0.292. The lowest BCUT2D eigenvalue weighted by molar-refractivity contribution is -0.149. The molecule has 0 radical (unpaired) electrons. The maximum atomic E-state index is 11.9. The number of carbonyl (C=O) groups is 1. The first-order valence-electron chi connectivity index (χ1n) is 10.1. The molecule has 1 N–H and O–H groups in total. The number of piperidine rings is 1. The van der Waals surface area contributed by atoms with Gasteiger partial charge in [-0.25, -0.2) is 0 Å². The molecule has 1 atom stereocenters. The minimum Gasteiger partial charge on any atom is -0.466 e. The lowest BCUT2D eigenvalue weighted by Gasteiger charge is -2.34. The van der Waals surface area contributed by atoms with Crippen LogP contribution in [0.25, 0.3) is 0 Å². The molecule has 1 unspecified atom stereocenters. The predicted molar refractivity (Wildman–Crippen MR) is 125 cm³/mol. The van der Waals surface area contributed by atoms with E-state index in [0.29, 0.717) is 12.6 Å². The van der Waals surface area contributed by atoms with Crippen LogP contribution in [0.4, 0.5) is 5.69 Å². The Bertz CT molecular complexity index is 674. The van der Waals surface area contributed by atoms with Crippen LogP contribution in [0, 0.1) is 5.92 Å². The molecule has 0 aliphatic carbocycles. The van der Waals surface area contributed by atoms with Crippen LogP contribution in [0.15, 0.2) is 29.3 Å². The van der Waals surface area contributed by atoms with Gasteiger partial charge in [-0.15, -0.1) is 24.0 Å². The van der Waals surface area contributed by atoms with Crippen LogP contribution in [0.5, 0.6) is 0 Å². The fourth-order valence-corrected chi connectivity index (χ4v) is 4.18. The van der Waals surface area contributed by atoms with Crippen LogP contribution in [-0.4, -0.2) is 62.7 Å². The van der Waals surface area contributed by atoms with E-state index in [-0.39, 0.29) is 35.9 Å². The largest absolute Gasteiger partial charge is 0.466 e. The van der Waals surface area contributed by atoms with Gasteiger partial charge in [-0.05, 0) is 44.7 Å². The highest BCUT2D eigenvalue weighted by atomic mass is 127. The number of anilines is 1. The van der Waals surface area contributed by atoms with Crippen LogP contribution < -0.4 is 10.2 Å². The number of rotatable bonds is 5. The minimum absolute atomic E-state index is 0. The molecule has 2 aliphatic heterocycles. The van der Waals surface area contributed by atoms with Gasteiger partial charge in [0, 0.05) is 45.0 Å². The van der Waals surface area contributed by atoms with Crippen LogP contribution in [-0.2, 0) is 16.0 Å². The highest BCUT2D eigenvalue weighted by Crippen LogP contribution is 2.31. The van der Waals surface area contributed by atoms with Gasteiger partial charge in [-0.3, -0.25) is 9.79 Å². The standard InChI is InChI=1S/C21H32N4O2.HI/c1-4-27-20(26)17-9-12-24(13-10-17)21(22-3)23-11-14-25-16(2)15-18-7-5-6-8-19(18)25;/h5-8,16-17H,4,9-15H2,1-3H3,(H,22,23);1H. The molecule has 2 aliphatic rings. The van der Waals surface area contributed by atoms with Gasteiger partial charge < -0.3 is 19.9 Å². The number of nitrogens with one attached hydrogen (secondary N) is 1. The van der Waals surface area contributed by atoms with Crippen molar-refractivity contribution < 1.29 is 9.53 Å². The van der Waals surface area contributed by atoms with Crippen molar-refractivity contribution in [2.24, 2.45) is 10.9 Å². The van der Waals surface area contributed by atoms with Crippen LogP contribution in [0.2, 0.25) is 0 Å². The molecule has 0 saturated carbocycles. The number of hydrogen-bond donors (Lipinski definition) is 1. The Kier molecular flexibility index (Phi) is 8.85. The topological polar surface area (TPSA) is 57.2 Å². The summed E-state index contributed by atoms with van der Waals surface area (Å²) in [5.41, 5.74) is 2.80. The molecule has 3 rings (SSSR count). The molecule has 0 aromatic heterocycles. The second-order valence-corrected chi connectivity index (χ2v) is 7.36. The monoisotopic (exact) mass is 500 g/mol. The number of benzene rings is 1. The van der Waals surface area contributed by atoms with E-state index in [1.54, 1.807) is 0 Å². The number of halogens is 1. The molecule has 1 aromatic rings. The third-order valence-electron chi connectivity index (χ3n) is 5.61. The molecule has 1 aromatic carbocycles. The number of esters is 1. The Labute approximate surface area is 185 Å². The number of para-hydroxylation sites is 1. The first-order valence-corrected chi connectivity index (χ1v) is 10.1. The summed E-state index contributed by atoms with van der Waals surface area (Å²) < 4.78 is 5.16. The van der Waals surface area contributed by atoms with Crippen molar-refractivity contribution in [3.8, 4) is 0 Å². The summed E-state index contributed by atoms with van der Waals surface area (Å²) in [4.78, 5) is 21.1. The van der Waals surface area contributed by atoms with Crippen LogP contribution in [0.3, 0.4) is 0 Å². The average molecular weight is 500 g/mol. The van der Waals surface area contributed by atoms with Gasteiger partial charge in [0.2, 0.25) is 0 Å². The summed E-state index contributed by atoms with van der Waals surface area (Å²) in [7, 11) is 1.83. The summed E-state index contributed by atoms with van der Waals surface area (Å²) >= 11 is 0. The first kappa shape index (κ1) is 22.8. The van der Waals surface area contributed by atoms with Crippen molar-refractivity contribution in [1.29, 1.82) is 0 Å². The fourth-order valence-electron chi connectivity index (χ4n) is 4.18. The van der Waals surface area contributed by atoms with E-state index >= 15 is 0 Å². The lowest BCUT2D eigenvalue weighted by Crippen LogP contribution is -2.48. The second kappa shape index (κ2) is 10.9. The zero-order chi connectivity index (χ0) is 19.2. The predicted octanol–water partition coefficient (Wildman–Crippen LogP) is 2.91. The number of fused-ring (bicyclic) bond motifs is 1. The third kappa shape index (κ3) is 5.30. The molecule has 6 nitrogen and oxygen atoms in total. The van der Waals surface area contributed by atoms with Crippen molar-refractivity contribution in [2.45, 2.75) is 39.2 Å². The van der Waals surface area contributed by atoms with Gasteiger partial charge in [0.1, 0.15) is 0 Å². The van der Waals surface area contributed by atoms with Gasteiger partial charge in [0.15, 0.2) is 5.96 Å². The number of hydrogen-bond acceptors (Lipinski definition) is 4. The lowest BCUT2D eigenvalue weighted by atomic mass is 9.97. The normalized spacial score (nSPS) is 19.8. The van der Waals surface area contributed by atoms with E-state index in [1.165, 1.54) is 11.3 Å². The van der Waals surface area contributed by atoms with Crippen molar-refractivity contribution in [1.82, 2.24) is 10.2 Å². The number of aliphatic imine (C=N–C) groups is 1. The van der Waals surface area contributed by atoms with E-state index in [2.05, 4.69) is 51.3 Å². The van der Waals surface area contributed by atoms with E-state index in [9.17, 15) is 4.79 Å². The van der Waals surface area contributed by atoms with E-state index in [1.807, 2.05) is 14.0 Å². The molecule has 0 spiro atoms. The van der Waals surface area contributed by atoms with Gasteiger partial charge in [-0.2, -0.15) is 0 Å². The Morgan fingerprint density at radius 3 is 2.68 bits per heavy atom. The SMILES string of the molecule is CCOC(=O)C1CCN(C(=NC)NCCN2c3ccccc3CC2C)CC1.I. The van der Waals surface area contributed by atoms with Crippen molar-refractivity contribution >= 4 is 41.6 Å². The Hall–Kier alpha value is -1.51. The zero-order valence-corrected chi connectivity index (χ0v) is 19.5. The molecule has 28 heavy (non-hydrogen) atoms. The van der Waals surface area contributed by atoms with Gasteiger partial charge in [-0.1, -0.05) is 18.2 Å². The van der Waals surface area contributed by atoms with E-state index in [4.69, 9.17) is 4.74 Å². The van der Waals surface area contributed by atoms with Crippen LogP contribution >= 0.6 is 24.0 Å². The first-order chi connectivity index (χ1) is 13.1. The number of guanidine groups is 1. The third-order valence-corrected chi connectivity index (χ3v) is 5.61. The minimum atomic E-state index is -0.0539. The summed E-state index contributed by atoms with van der Waals surface area (Å²) in [6, 6.07) is 9.21. The van der Waals surface area contributed by atoms with Crippen molar-refractivity contribution in [3.05, 3.63) is 29.8 Å². The Morgan fingerprint density at radius 2 is 2.00 bits per heavy atom. The molecule has 1 fully saturated rings. The fraction of sp³-hybridized carbons (Fsp3) is 0.619. The van der Waals surface area contributed by atoms with E-state index in [0.717, 1.165) is 51.4 Å². The highest BCUT2D eigenvalue weighted by molar-refractivity contribution is 14.0. The Morgan fingerprint density at radius 1 is 1.29 bits per heavy atom. The number of ether oxygens (including phenoxy) is 1. The summed E-state index contributed by atoms with van der Waals surface area (Å²) in [6.45, 7) is 8.09. The maximum Gasteiger partial charge on any atom is 0.309 e. The molecule has 0 amide bonds. The Balaban J connectivity index is 0.00000280. The second-order valence-electron chi connectivity index (χ2n) is 7.36. The summed E-state index contributed by atoms with van der Waals surface area (Å²) in [5.74, 6) is 0.903. The van der Waals surface area contributed by atoms with Gasteiger partial charge >= 0.3 is 5.97 Å². The molecule has 0 bridgehead atoms. The molecule has 7 heteroatoms. The zero-order valence-electron chi connectivity index (χ0n) is 17.2. The summed E-state index contributed by atoms with van der Waals surface area (Å²) in [6.07, 6.45) is 2.78. The maximum absolute atomic E-state index is 11.9. The van der Waals surface area contributed by atoms with E-state index < -0.39 is 0 Å². The molecular formula is C21H33IN4O2. The number of nitrogens with zero attached hydrogens (tertiary/aromatic N) is 3. The molecule has 156 valence electrons. The average Bonchev–Trinajstić information content (AvgIpc) is 3.01. The van der Waals surface area contributed by atoms with Gasteiger partial charge in [0.25, 0.3) is 0 Å². The highest BCUT2D eigenvalue weighted by Gasteiger charge is 2.28. The van der Waals surface area contributed by atoms with Crippen molar-refractivity contribution in [2.75, 3.05) is 44.7 Å². The van der Waals surface area contributed by atoms with Gasteiger partial charge in [0.05, 0.1) is 12.5 Å². The smallest absolute Gasteiger partial charge is 0.309 e. The number of likely N-dealkylation sites (tertiary alicyclic amines) is 1. The van der Waals surface area contributed by atoms with Crippen LogP contribution in [0.1, 0.15) is 32.3 Å². The summed E-state index contributed by atoms with van der Waals surface area (Å²) in [5, 5.41) is 3.50. The molecule has 1 saturated heterocycles. The number of carbonyl (C=O) groups excluding carboxylic acids is 1.